The summed E-state index contributed by atoms with van der Waals surface area (Å²) in [7, 11) is 0. The van der Waals surface area contributed by atoms with E-state index in [1.165, 1.54) is 17.3 Å². The molecule has 0 atom stereocenters. The molecule has 1 aliphatic carbocycles. The molecule has 2 aliphatic rings. The van der Waals surface area contributed by atoms with E-state index in [0.29, 0.717) is 0 Å². The molecule has 24 heavy (non-hydrogen) atoms. The lowest BCUT2D eigenvalue weighted by Crippen LogP contribution is -2.50. The van der Waals surface area contributed by atoms with Crippen molar-refractivity contribution in [1.82, 2.24) is 9.88 Å². The van der Waals surface area contributed by atoms with Crippen LogP contribution in [0.25, 0.3) is 0 Å². The van der Waals surface area contributed by atoms with E-state index in [-0.39, 0.29) is 17.6 Å². The number of hydrogen-bond acceptors (Lipinski definition) is 4. The zero-order valence-electron chi connectivity index (χ0n) is 13.6. The number of aromatic nitrogens is 1. The van der Waals surface area contributed by atoms with Crippen LogP contribution in [0, 0.1) is 5.92 Å². The number of piperazine rings is 1. The Bertz CT molecular complexity index is 712. The maximum absolute atomic E-state index is 12.8. The topological polar surface area (TPSA) is 56.7 Å². The third kappa shape index (κ3) is 2.82. The van der Waals surface area contributed by atoms with Crippen molar-refractivity contribution in [2.45, 2.75) is 12.8 Å². The van der Waals surface area contributed by atoms with Crippen molar-refractivity contribution < 1.29 is 9.90 Å². The first kappa shape index (κ1) is 15.0. The lowest BCUT2D eigenvalue weighted by Gasteiger charge is -2.36. The normalized spacial score (nSPS) is 17.8. The van der Waals surface area contributed by atoms with Gasteiger partial charge >= 0.3 is 0 Å². The molecular formula is C19H21N3O2. The van der Waals surface area contributed by atoms with E-state index in [2.05, 4.69) is 34.1 Å². The molecule has 0 spiro atoms. The van der Waals surface area contributed by atoms with E-state index >= 15 is 0 Å². The molecule has 0 radical (unpaired) electrons. The van der Waals surface area contributed by atoms with Gasteiger partial charge in [0.15, 0.2) is 0 Å². The molecule has 1 N–H and O–H groups in total. The summed E-state index contributed by atoms with van der Waals surface area (Å²) in [6.07, 6.45) is 3.20. The molecule has 1 fully saturated rings. The molecular weight excluding hydrogens is 302 g/mol. The van der Waals surface area contributed by atoms with Crippen molar-refractivity contribution in [3.05, 3.63) is 53.7 Å². The summed E-state index contributed by atoms with van der Waals surface area (Å²) in [4.78, 5) is 21.2. The van der Waals surface area contributed by atoms with Crippen molar-refractivity contribution in [1.29, 1.82) is 0 Å². The van der Waals surface area contributed by atoms with Crippen LogP contribution in [0.5, 0.6) is 5.75 Å². The number of benzene rings is 1. The second-order valence-electron chi connectivity index (χ2n) is 6.56. The summed E-state index contributed by atoms with van der Waals surface area (Å²) in [6, 6.07) is 11.8. The Morgan fingerprint density at radius 1 is 1.00 bits per heavy atom. The molecule has 1 aromatic carbocycles. The van der Waals surface area contributed by atoms with Gasteiger partial charge in [-0.1, -0.05) is 24.3 Å². The van der Waals surface area contributed by atoms with E-state index in [0.717, 1.165) is 44.8 Å². The van der Waals surface area contributed by atoms with Gasteiger partial charge in [-0.05, 0) is 36.1 Å². The summed E-state index contributed by atoms with van der Waals surface area (Å²) in [5, 5.41) is 9.33. The van der Waals surface area contributed by atoms with Gasteiger partial charge in [0.1, 0.15) is 11.6 Å². The van der Waals surface area contributed by atoms with Gasteiger partial charge in [-0.2, -0.15) is 0 Å². The first-order valence-corrected chi connectivity index (χ1v) is 8.46. The molecule has 5 nitrogen and oxygen atoms in total. The van der Waals surface area contributed by atoms with Crippen LogP contribution in [0.1, 0.15) is 11.1 Å². The van der Waals surface area contributed by atoms with Crippen molar-refractivity contribution >= 4 is 11.7 Å². The lowest BCUT2D eigenvalue weighted by atomic mass is 10.0. The maximum Gasteiger partial charge on any atom is 0.226 e. The van der Waals surface area contributed by atoms with Crippen molar-refractivity contribution in [3.8, 4) is 5.75 Å². The zero-order chi connectivity index (χ0) is 16.5. The van der Waals surface area contributed by atoms with Crippen LogP contribution < -0.4 is 4.90 Å². The van der Waals surface area contributed by atoms with Crippen molar-refractivity contribution in [2.75, 3.05) is 31.1 Å². The highest BCUT2D eigenvalue weighted by molar-refractivity contribution is 5.80. The Labute approximate surface area is 141 Å². The number of carbonyl (C=O) groups is 1. The van der Waals surface area contributed by atoms with Crippen molar-refractivity contribution in [3.63, 3.8) is 0 Å². The molecule has 1 saturated heterocycles. The summed E-state index contributed by atoms with van der Waals surface area (Å²) >= 11 is 0. The van der Waals surface area contributed by atoms with Gasteiger partial charge in [0.05, 0.1) is 6.20 Å². The molecule has 5 heteroatoms. The number of fused-ring (bicyclic) bond motifs is 1. The minimum Gasteiger partial charge on any atom is -0.506 e. The number of anilines is 1. The van der Waals surface area contributed by atoms with Crippen LogP contribution in [0.15, 0.2) is 42.6 Å². The van der Waals surface area contributed by atoms with Gasteiger partial charge < -0.3 is 14.9 Å². The molecule has 0 saturated carbocycles. The highest BCUT2D eigenvalue weighted by Gasteiger charge is 2.32. The first-order chi connectivity index (χ1) is 11.7. The standard InChI is InChI=1S/C19H21N3O2/c23-17-5-6-18(20-13-17)21-7-9-22(10-8-21)19(24)16-11-14-3-1-2-4-15(14)12-16/h1-6,13,16,23H,7-12H2. The smallest absolute Gasteiger partial charge is 0.226 e. The number of pyridine rings is 1. The lowest BCUT2D eigenvalue weighted by molar-refractivity contribution is -0.135. The van der Waals surface area contributed by atoms with Crippen LogP contribution in [-0.4, -0.2) is 47.1 Å². The SMILES string of the molecule is O=C(C1Cc2ccccc2C1)N1CCN(c2ccc(O)cn2)CC1. The third-order valence-electron chi connectivity index (χ3n) is 5.05. The molecule has 1 amide bonds. The monoisotopic (exact) mass is 323 g/mol. The molecule has 0 unspecified atom stereocenters. The van der Waals surface area contributed by atoms with Crippen LogP contribution >= 0.6 is 0 Å². The van der Waals surface area contributed by atoms with Gasteiger partial charge in [0, 0.05) is 32.1 Å². The van der Waals surface area contributed by atoms with E-state index in [1.807, 2.05) is 11.0 Å². The van der Waals surface area contributed by atoms with Gasteiger partial charge in [-0.3, -0.25) is 4.79 Å². The summed E-state index contributed by atoms with van der Waals surface area (Å²) in [5.41, 5.74) is 2.64. The number of nitrogens with zero attached hydrogens (tertiary/aromatic N) is 3. The van der Waals surface area contributed by atoms with Crippen LogP contribution in [0.2, 0.25) is 0 Å². The fourth-order valence-corrected chi connectivity index (χ4v) is 3.71. The number of carbonyl (C=O) groups excluding carboxylic acids is 1. The van der Waals surface area contributed by atoms with Gasteiger partial charge in [0.25, 0.3) is 0 Å². The predicted molar refractivity (Wildman–Crippen MR) is 92.0 cm³/mol. The predicted octanol–water partition coefficient (Wildman–Crippen LogP) is 1.85. The number of hydrogen-bond donors (Lipinski definition) is 1. The largest absolute Gasteiger partial charge is 0.506 e. The molecule has 0 bridgehead atoms. The Hall–Kier alpha value is -2.56. The molecule has 1 aliphatic heterocycles. The van der Waals surface area contributed by atoms with Crippen molar-refractivity contribution in [2.24, 2.45) is 5.92 Å². The van der Waals surface area contributed by atoms with Gasteiger partial charge in [-0.15, -0.1) is 0 Å². The molecule has 124 valence electrons. The highest BCUT2D eigenvalue weighted by atomic mass is 16.3. The Morgan fingerprint density at radius 2 is 1.67 bits per heavy atom. The van der Waals surface area contributed by atoms with E-state index < -0.39 is 0 Å². The first-order valence-electron chi connectivity index (χ1n) is 8.46. The Morgan fingerprint density at radius 3 is 2.25 bits per heavy atom. The quantitative estimate of drug-likeness (QED) is 0.916. The second-order valence-corrected chi connectivity index (χ2v) is 6.56. The van der Waals surface area contributed by atoms with E-state index in [4.69, 9.17) is 0 Å². The van der Waals surface area contributed by atoms with Gasteiger partial charge in [0.2, 0.25) is 5.91 Å². The number of rotatable bonds is 2. The Kier molecular flexibility index (Phi) is 3.84. The minimum atomic E-state index is 0.0979. The van der Waals surface area contributed by atoms with Crippen LogP contribution in [0.3, 0.4) is 0 Å². The Balaban J connectivity index is 1.36. The molecule has 2 heterocycles. The summed E-state index contributed by atoms with van der Waals surface area (Å²) in [5.74, 6) is 1.41. The summed E-state index contributed by atoms with van der Waals surface area (Å²) in [6.45, 7) is 3.02. The fraction of sp³-hybridized carbons (Fsp3) is 0.368. The van der Waals surface area contributed by atoms with Crippen LogP contribution in [-0.2, 0) is 17.6 Å². The molecule has 1 aromatic heterocycles. The third-order valence-corrected chi connectivity index (χ3v) is 5.05. The van der Waals surface area contributed by atoms with E-state index in [9.17, 15) is 9.90 Å². The average Bonchev–Trinajstić information content (AvgIpc) is 3.06. The average molecular weight is 323 g/mol. The second kappa shape index (κ2) is 6.15. The summed E-state index contributed by atoms with van der Waals surface area (Å²) < 4.78 is 0. The number of amides is 1. The zero-order valence-corrected chi connectivity index (χ0v) is 13.6. The minimum absolute atomic E-state index is 0.0979. The van der Waals surface area contributed by atoms with Crippen LogP contribution in [0.4, 0.5) is 5.82 Å². The van der Waals surface area contributed by atoms with E-state index in [1.54, 1.807) is 6.07 Å². The number of aromatic hydroxyl groups is 1. The fourth-order valence-electron chi connectivity index (χ4n) is 3.71. The van der Waals surface area contributed by atoms with Gasteiger partial charge in [-0.25, -0.2) is 4.98 Å². The molecule has 2 aromatic rings. The molecule has 4 rings (SSSR count). The highest BCUT2D eigenvalue weighted by Crippen LogP contribution is 2.28. The maximum atomic E-state index is 12.8.